The van der Waals surface area contributed by atoms with Gasteiger partial charge < -0.3 is 16.0 Å². The van der Waals surface area contributed by atoms with Crippen LogP contribution in [0.4, 0.5) is 26.2 Å². The Morgan fingerprint density at radius 3 is 2.00 bits per heavy atom. The van der Waals surface area contributed by atoms with Crippen LogP contribution in [-0.2, 0) is 0 Å². The van der Waals surface area contributed by atoms with E-state index in [1.54, 1.807) is 36.4 Å². The third-order valence-corrected chi connectivity index (χ3v) is 3.50. The summed E-state index contributed by atoms with van der Waals surface area (Å²) in [5.74, 6) is -0.916. The number of hydrogen-bond acceptors (Lipinski definition) is 2. The first-order valence-electron chi connectivity index (χ1n) is 7.90. The quantitative estimate of drug-likeness (QED) is 0.638. The van der Waals surface area contributed by atoms with Crippen molar-refractivity contribution in [1.82, 2.24) is 0 Å². The molecule has 3 amide bonds. The number of carbonyl (C=O) groups excluding carboxylic acids is 2. The molecule has 0 heterocycles. The Kier molecular flexibility index (Phi) is 5.24. The number of amides is 3. The summed E-state index contributed by atoms with van der Waals surface area (Å²) in [6, 6.07) is 20.7. The number of nitrogens with one attached hydrogen (secondary N) is 3. The molecule has 0 unspecified atom stereocenters. The summed E-state index contributed by atoms with van der Waals surface area (Å²) in [6.07, 6.45) is 0. The van der Waals surface area contributed by atoms with Gasteiger partial charge in [-0.05, 0) is 48.5 Å². The highest BCUT2D eigenvalue weighted by Gasteiger charge is 2.08. The standard InChI is InChI=1S/C20H16FN3O2/c21-15-7-4-6-14(12-15)19(25)22-17-10-5-11-18(13-17)24-20(26)23-16-8-2-1-3-9-16/h1-13H,(H,22,25)(H2,23,24,26). The van der Waals surface area contributed by atoms with Gasteiger partial charge in [0.2, 0.25) is 0 Å². The van der Waals surface area contributed by atoms with Crippen LogP contribution in [0.25, 0.3) is 0 Å². The summed E-state index contributed by atoms with van der Waals surface area (Å²) in [5, 5.41) is 8.07. The molecule has 0 spiro atoms. The van der Waals surface area contributed by atoms with Crippen LogP contribution in [0.15, 0.2) is 78.9 Å². The van der Waals surface area contributed by atoms with E-state index in [2.05, 4.69) is 16.0 Å². The third-order valence-electron chi connectivity index (χ3n) is 3.50. The van der Waals surface area contributed by atoms with Gasteiger partial charge in [-0.1, -0.05) is 30.3 Å². The molecule has 130 valence electrons. The molecule has 0 aromatic heterocycles. The van der Waals surface area contributed by atoms with Crippen LogP contribution in [0.2, 0.25) is 0 Å². The second-order valence-electron chi connectivity index (χ2n) is 5.49. The van der Waals surface area contributed by atoms with E-state index in [9.17, 15) is 14.0 Å². The van der Waals surface area contributed by atoms with Gasteiger partial charge in [0.1, 0.15) is 5.82 Å². The fraction of sp³-hybridized carbons (Fsp3) is 0. The normalized spacial score (nSPS) is 10.0. The first-order chi connectivity index (χ1) is 12.6. The Hall–Kier alpha value is -3.67. The van der Waals surface area contributed by atoms with Gasteiger partial charge in [0, 0.05) is 22.6 Å². The van der Waals surface area contributed by atoms with Crippen LogP contribution < -0.4 is 16.0 Å². The smallest absolute Gasteiger partial charge is 0.322 e. The number of halogens is 1. The number of benzene rings is 3. The number of para-hydroxylation sites is 1. The molecule has 0 aliphatic rings. The lowest BCUT2D eigenvalue weighted by molar-refractivity contribution is 0.102. The molecule has 5 nitrogen and oxygen atoms in total. The molecule has 26 heavy (non-hydrogen) atoms. The van der Waals surface area contributed by atoms with Gasteiger partial charge in [-0.3, -0.25) is 4.79 Å². The predicted molar refractivity (Wildman–Crippen MR) is 99.9 cm³/mol. The molecular weight excluding hydrogens is 333 g/mol. The molecule has 0 atom stereocenters. The molecular formula is C20H16FN3O2. The maximum absolute atomic E-state index is 13.2. The summed E-state index contributed by atoms with van der Waals surface area (Å²) >= 11 is 0. The van der Waals surface area contributed by atoms with Gasteiger partial charge >= 0.3 is 6.03 Å². The zero-order valence-corrected chi connectivity index (χ0v) is 13.7. The highest BCUT2D eigenvalue weighted by Crippen LogP contribution is 2.17. The lowest BCUT2D eigenvalue weighted by Gasteiger charge is -2.10. The van der Waals surface area contributed by atoms with E-state index in [-0.39, 0.29) is 5.56 Å². The van der Waals surface area contributed by atoms with E-state index in [0.29, 0.717) is 17.1 Å². The van der Waals surface area contributed by atoms with Crippen molar-refractivity contribution in [2.24, 2.45) is 0 Å². The summed E-state index contributed by atoms with van der Waals surface area (Å²) in [7, 11) is 0. The monoisotopic (exact) mass is 349 g/mol. The van der Waals surface area contributed by atoms with Crippen LogP contribution in [0, 0.1) is 5.82 Å². The zero-order chi connectivity index (χ0) is 18.4. The molecule has 0 saturated carbocycles. The topological polar surface area (TPSA) is 70.2 Å². The van der Waals surface area contributed by atoms with E-state index >= 15 is 0 Å². The lowest BCUT2D eigenvalue weighted by Crippen LogP contribution is -2.19. The van der Waals surface area contributed by atoms with Crippen molar-refractivity contribution in [2.45, 2.75) is 0 Å². The first-order valence-corrected chi connectivity index (χ1v) is 7.90. The second-order valence-corrected chi connectivity index (χ2v) is 5.49. The highest BCUT2D eigenvalue weighted by atomic mass is 19.1. The first kappa shape index (κ1) is 17.2. The zero-order valence-electron chi connectivity index (χ0n) is 13.7. The van der Waals surface area contributed by atoms with Gasteiger partial charge in [0.05, 0.1) is 0 Å². The largest absolute Gasteiger partial charge is 0.323 e. The Bertz CT molecular complexity index is 929. The number of rotatable bonds is 4. The SMILES string of the molecule is O=C(Nc1ccccc1)Nc1cccc(NC(=O)c2cccc(F)c2)c1. The summed E-state index contributed by atoms with van der Waals surface area (Å²) in [5.41, 5.74) is 1.87. The Balaban J connectivity index is 1.64. The number of urea groups is 1. The summed E-state index contributed by atoms with van der Waals surface area (Å²) in [4.78, 5) is 24.2. The Morgan fingerprint density at radius 1 is 0.654 bits per heavy atom. The second kappa shape index (κ2) is 7.94. The lowest BCUT2D eigenvalue weighted by atomic mass is 10.2. The fourth-order valence-electron chi connectivity index (χ4n) is 2.32. The maximum Gasteiger partial charge on any atom is 0.323 e. The molecule has 0 radical (unpaired) electrons. The van der Waals surface area contributed by atoms with E-state index in [0.717, 1.165) is 6.07 Å². The molecule has 0 aliphatic heterocycles. The van der Waals surface area contributed by atoms with Gasteiger partial charge in [0.15, 0.2) is 0 Å². The molecule has 0 saturated heterocycles. The van der Waals surface area contributed by atoms with Crippen molar-refractivity contribution >= 4 is 29.0 Å². The minimum atomic E-state index is -0.481. The van der Waals surface area contributed by atoms with Gasteiger partial charge in [-0.15, -0.1) is 0 Å². The van der Waals surface area contributed by atoms with Gasteiger partial charge in [-0.2, -0.15) is 0 Å². The van der Waals surface area contributed by atoms with E-state index in [4.69, 9.17) is 0 Å². The van der Waals surface area contributed by atoms with Crippen LogP contribution in [0.3, 0.4) is 0 Å². The average molecular weight is 349 g/mol. The van der Waals surface area contributed by atoms with E-state index < -0.39 is 17.8 Å². The molecule has 3 aromatic carbocycles. The molecule has 0 aliphatic carbocycles. The van der Waals surface area contributed by atoms with Gasteiger partial charge in [0.25, 0.3) is 5.91 Å². The molecule has 6 heteroatoms. The van der Waals surface area contributed by atoms with Crippen LogP contribution in [0.1, 0.15) is 10.4 Å². The number of carbonyl (C=O) groups is 2. The summed E-state index contributed by atoms with van der Waals surface area (Å²) in [6.45, 7) is 0. The van der Waals surface area contributed by atoms with Crippen molar-refractivity contribution in [3.63, 3.8) is 0 Å². The van der Waals surface area contributed by atoms with Crippen LogP contribution in [0.5, 0.6) is 0 Å². The van der Waals surface area contributed by atoms with Crippen molar-refractivity contribution in [3.8, 4) is 0 Å². The molecule has 3 rings (SSSR count). The molecule has 3 N–H and O–H groups in total. The minimum Gasteiger partial charge on any atom is -0.322 e. The van der Waals surface area contributed by atoms with Crippen LogP contribution in [-0.4, -0.2) is 11.9 Å². The number of hydrogen-bond donors (Lipinski definition) is 3. The highest BCUT2D eigenvalue weighted by molar-refractivity contribution is 6.05. The minimum absolute atomic E-state index is 0.213. The predicted octanol–water partition coefficient (Wildman–Crippen LogP) is 4.72. The van der Waals surface area contributed by atoms with Crippen molar-refractivity contribution in [3.05, 3.63) is 90.2 Å². The summed E-state index contributed by atoms with van der Waals surface area (Å²) < 4.78 is 13.2. The maximum atomic E-state index is 13.2. The van der Waals surface area contributed by atoms with Crippen molar-refractivity contribution in [1.29, 1.82) is 0 Å². The number of anilines is 3. The molecule has 3 aromatic rings. The van der Waals surface area contributed by atoms with Gasteiger partial charge in [-0.25, -0.2) is 9.18 Å². The average Bonchev–Trinajstić information content (AvgIpc) is 2.62. The third kappa shape index (κ3) is 4.67. The fourth-order valence-corrected chi connectivity index (χ4v) is 2.32. The molecule has 0 bridgehead atoms. The van der Waals surface area contributed by atoms with Crippen molar-refractivity contribution in [2.75, 3.05) is 16.0 Å². The van der Waals surface area contributed by atoms with E-state index in [1.807, 2.05) is 18.2 Å². The van der Waals surface area contributed by atoms with E-state index in [1.165, 1.54) is 18.2 Å². The van der Waals surface area contributed by atoms with Crippen molar-refractivity contribution < 1.29 is 14.0 Å². The Labute approximate surface area is 149 Å². The van der Waals surface area contributed by atoms with Crippen LogP contribution >= 0.6 is 0 Å². The molecule has 0 fully saturated rings. The Morgan fingerprint density at radius 2 is 1.27 bits per heavy atom.